The van der Waals surface area contributed by atoms with Gasteiger partial charge < -0.3 is 24.8 Å². The minimum absolute atomic E-state index is 0. The van der Waals surface area contributed by atoms with Gasteiger partial charge in [-0.3, -0.25) is 0 Å². The predicted octanol–water partition coefficient (Wildman–Crippen LogP) is -2.22. The summed E-state index contributed by atoms with van der Waals surface area (Å²) in [5.74, 6) is 0. The molecule has 0 saturated carbocycles. The summed E-state index contributed by atoms with van der Waals surface area (Å²) in [7, 11) is 0. The molecule has 0 spiro atoms. The van der Waals surface area contributed by atoms with Crippen LogP contribution in [-0.2, 0) is 26.9 Å². The number of rotatable bonds is 1. The van der Waals surface area contributed by atoms with Crippen molar-refractivity contribution in [3.63, 3.8) is 0 Å². The van der Waals surface area contributed by atoms with Gasteiger partial charge in [0.25, 0.3) is 0 Å². The van der Waals surface area contributed by atoms with E-state index in [0.29, 0.717) is 0 Å². The van der Waals surface area contributed by atoms with Gasteiger partial charge in [0, 0.05) is 0 Å². The van der Waals surface area contributed by atoms with E-state index < -0.39 is 0 Å². The molecule has 0 unspecified atom stereocenters. The number of fused-ring (bicyclic) bond motifs is 3. The van der Waals surface area contributed by atoms with Gasteiger partial charge in [0.15, 0.2) is 0 Å². The molecule has 0 aliphatic heterocycles. The van der Waals surface area contributed by atoms with E-state index in [-0.39, 0.29) is 24.8 Å². The first kappa shape index (κ1) is 16.6. The second kappa shape index (κ2) is 6.54. The molecule has 2 aromatic rings. The molecule has 0 N–H and O–H groups in total. The van der Waals surface area contributed by atoms with Crippen molar-refractivity contribution in [3.8, 4) is 11.1 Å². The standard InChI is InChI=1S/C18H13.2ClH.Ti/c1-2-6-13(5-1)14-9-10-18-16(11-14)12-15-7-3-4-8-17(15)18;;;/h1-5,7-10H,6,12H2;2*1H;/q;;;+2/p-2. The molecule has 0 heterocycles. The fourth-order valence-corrected chi connectivity index (χ4v) is 3.86. The summed E-state index contributed by atoms with van der Waals surface area (Å²) in [6.45, 7) is 0. The number of benzene rings is 2. The maximum atomic E-state index is 2.31. The second-order valence-electron chi connectivity index (χ2n) is 5.17. The van der Waals surface area contributed by atoms with E-state index in [2.05, 4.69) is 75.1 Å². The van der Waals surface area contributed by atoms with Crippen molar-refractivity contribution in [1.29, 1.82) is 0 Å². The molecule has 21 heavy (non-hydrogen) atoms. The van der Waals surface area contributed by atoms with Crippen molar-refractivity contribution in [1.82, 2.24) is 0 Å². The Morgan fingerprint density at radius 1 is 0.857 bits per heavy atom. The molecule has 0 bridgehead atoms. The van der Waals surface area contributed by atoms with E-state index in [4.69, 9.17) is 0 Å². The van der Waals surface area contributed by atoms with E-state index in [1.807, 2.05) is 0 Å². The van der Waals surface area contributed by atoms with Crippen LogP contribution in [0.5, 0.6) is 0 Å². The van der Waals surface area contributed by atoms with E-state index in [9.17, 15) is 0 Å². The van der Waals surface area contributed by atoms with Crippen molar-refractivity contribution in [3.05, 3.63) is 71.3 Å². The average molecular weight is 348 g/mol. The number of hydrogen-bond acceptors (Lipinski definition) is 0. The van der Waals surface area contributed by atoms with Gasteiger partial charge in [-0.05, 0) is 0 Å². The van der Waals surface area contributed by atoms with Gasteiger partial charge in [0.1, 0.15) is 0 Å². The molecule has 0 amide bonds. The summed E-state index contributed by atoms with van der Waals surface area (Å²) in [5, 5.41) is 0. The Morgan fingerprint density at radius 2 is 1.62 bits per heavy atom. The van der Waals surface area contributed by atoms with Crippen LogP contribution in [0, 0.1) is 0 Å². The molecule has 0 atom stereocenters. The summed E-state index contributed by atoms with van der Waals surface area (Å²) in [5.41, 5.74) is 8.73. The summed E-state index contributed by atoms with van der Waals surface area (Å²) >= 11 is 2.28. The summed E-state index contributed by atoms with van der Waals surface area (Å²) < 4.78 is 1.46. The Bertz CT molecular complexity index is 745. The Kier molecular flexibility index (Phi) is 5.17. The number of allylic oxidation sites excluding steroid dienone is 4. The van der Waals surface area contributed by atoms with E-state index in [0.717, 1.165) is 12.8 Å². The van der Waals surface area contributed by atoms with Crippen molar-refractivity contribution < 1.29 is 45.2 Å². The molecule has 0 aromatic heterocycles. The molecule has 0 saturated heterocycles. The first-order chi connectivity index (χ1) is 9.34. The molecular formula is C18H13Cl2Ti. The normalized spacial score (nSPS) is 13.9. The number of hydrogen-bond donors (Lipinski definition) is 0. The third-order valence-electron chi connectivity index (χ3n) is 4.10. The van der Waals surface area contributed by atoms with Gasteiger partial charge in [0.2, 0.25) is 0 Å². The zero-order valence-electron chi connectivity index (χ0n) is 11.4. The molecule has 4 rings (SSSR count). The van der Waals surface area contributed by atoms with Crippen LogP contribution in [-0.4, -0.2) is 0 Å². The van der Waals surface area contributed by atoms with Gasteiger partial charge in [-0.1, -0.05) is 0 Å². The minimum atomic E-state index is 0. The SMILES string of the molecule is [Cl-].[Cl-].[Ti+2][c]1c(C2=CC=CC2)ccc2c1Cc1ccccc1-2. The van der Waals surface area contributed by atoms with Crippen molar-refractivity contribution in [2.75, 3.05) is 0 Å². The summed E-state index contributed by atoms with van der Waals surface area (Å²) in [4.78, 5) is 0. The average Bonchev–Trinajstić information content (AvgIpc) is 3.06. The molecular weight excluding hydrogens is 335 g/mol. The van der Waals surface area contributed by atoms with E-state index >= 15 is 0 Å². The van der Waals surface area contributed by atoms with Crippen LogP contribution in [0.1, 0.15) is 23.1 Å². The molecule has 0 nitrogen and oxygen atoms in total. The Labute approximate surface area is 149 Å². The Balaban J connectivity index is 0.000000807. The molecule has 103 valence electrons. The van der Waals surface area contributed by atoms with Crippen LogP contribution in [0.4, 0.5) is 0 Å². The quantitative estimate of drug-likeness (QED) is 0.438. The zero-order chi connectivity index (χ0) is 12.8. The van der Waals surface area contributed by atoms with Gasteiger partial charge in [-0.2, -0.15) is 0 Å². The topological polar surface area (TPSA) is 0 Å². The van der Waals surface area contributed by atoms with Crippen LogP contribution in [0.15, 0.2) is 54.6 Å². The van der Waals surface area contributed by atoms with Crippen LogP contribution in [0.25, 0.3) is 16.7 Å². The first-order valence-corrected chi connectivity index (χ1v) is 7.44. The van der Waals surface area contributed by atoms with Crippen molar-refractivity contribution >= 4 is 9.44 Å². The third kappa shape index (κ3) is 2.67. The zero-order valence-corrected chi connectivity index (χ0v) is 14.4. The van der Waals surface area contributed by atoms with Crippen molar-refractivity contribution in [2.24, 2.45) is 0 Å². The molecule has 2 aliphatic carbocycles. The summed E-state index contributed by atoms with van der Waals surface area (Å²) in [6, 6.07) is 13.4. The van der Waals surface area contributed by atoms with E-state index in [1.165, 1.54) is 37.3 Å². The molecule has 2 aromatic carbocycles. The van der Waals surface area contributed by atoms with Gasteiger partial charge in [0.05, 0.1) is 0 Å². The number of halogens is 2. The van der Waals surface area contributed by atoms with Crippen molar-refractivity contribution in [2.45, 2.75) is 12.8 Å². The fourth-order valence-electron chi connectivity index (χ4n) is 3.13. The molecule has 0 radical (unpaired) electrons. The van der Waals surface area contributed by atoms with Crippen LogP contribution in [0.2, 0.25) is 0 Å². The Hall–Kier alpha value is -0.786. The fraction of sp³-hybridized carbons (Fsp3) is 0.111. The molecule has 3 heteroatoms. The summed E-state index contributed by atoms with van der Waals surface area (Å²) in [6.07, 6.45) is 8.81. The van der Waals surface area contributed by atoms with Crippen LogP contribution >= 0.6 is 0 Å². The second-order valence-corrected chi connectivity index (χ2v) is 5.95. The van der Waals surface area contributed by atoms with Crippen LogP contribution in [0.3, 0.4) is 0 Å². The maximum absolute atomic E-state index is 2.31. The molecule has 0 fully saturated rings. The first-order valence-electron chi connectivity index (χ1n) is 6.66. The van der Waals surface area contributed by atoms with Gasteiger partial charge >= 0.3 is 125 Å². The van der Waals surface area contributed by atoms with Gasteiger partial charge in [-0.25, -0.2) is 0 Å². The monoisotopic (exact) mass is 347 g/mol. The third-order valence-corrected chi connectivity index (χ3v) is 5.00. The van der Waals surface area contributed by atoms with E-state index in [1.54, 1.807) is 0 Å². The predicted molar refractivity (Wildman–Crippen MR) is 76.1 cm³/mol. The van der Waals surface area contributed by atoms with Crippen LogP contribution < -0.4 is 28.7 Å². The molecule has 2 aliphatic rings. The van der Waals surface area contributed by atoms with Gasteiger partial charge in [-0.15, -0.1) is 0 Å². The Morgan fingerprint density at radius 3 is 2.38 bits per heavy atom.